The molecule has 19 heavy (non-hydrogen) atoms. The zero-order chi connectivity index (χ0) is 14.7. The maximum absolute atomic E-state index is 12.0. The van der Waals surface area contributed by atoms with E-state index in [0.29, 0.717) is 5.56 Å². The zero-order valence-electron chi connectivity index (χ0n) is 11.0. The lowest BCUT2D eigenvalue weighted by atomic mass is 10.1. The summed E-state index contributed by atoms with van der Waals surface area (Å²) in [5, 5.41) is 4.50. The number of hydrogen-bond acceptors (Lipinski definition) is 2. The Bertz CT molecular complexity index is 426. The molecule has 0 spiro atoms. The molecular formula is C12H17Cl3N3O+. The van der Waals surface area contributed by atoms with Gasteiger partial charge in [0.15, 0.2) is 0 Å². The topological polar surface area (TPSA) is 58.6 Å². The second-order valence-electron chi connectivity index (χ2n) is 5.27. The Kier molecular flexibility index (Phi) is 5.44. The average Bonchev–Trinajstić information content (AvgIpc) is 2.26. The van der Waals surface area contributed by atoms with Crippen LogP contribution in [-0.4, -0.2) is 26.4 Å². The summed E-state index contributed by atoms with van der Waals surface area (Å²) < 4.78 is -1.61. The number of hydrogen-bond donors (Lipinski definition) is 2. The third kappa shape index (κ3) is 5.95. The summed E-state index contributed by atoms with van der Waals surface area (Å²) in [7, 11) is 0. The van der Waals surface area contributed by atoms with Gasteiger partial charge >= 0.3 is 0 Å². The van der Waals surface area contributed by atoms with Crippen molar-refractivity contribution in [3.05, 3.63) is 30.1 Å². The maximum atomic E-state index is 12.0. The second kappa shape index (κ2) is 6.27. The Balaban J connectivity index is 2.82. The van der Waals surface area contributed by atoms with Crippen LogP contribution in [0.2, 0.25) is 0 Å². The Hall–Kier alpha value is -0.550. The van der Waals surface area contributed by atoms with E-state index in [9.17, 15) is 4.79 Å². The number of carbonyl (C=O) groups excluding carboxylic acids is 1. The van der Waals surface area contributed by atoms with Gasteiger partial charge in [-0.15, -0.1) is 0 Å². The second-order valence-corrected chi connectivity index (χ2v) is 7.64. The fourth-order valence-corrected chi connectivity index (χ4v) is 1.79. The number of rotatable bonds is 3. The smallest absolute Gasteiger partial charge is 0.262 e. The fourth-order valence-electron chi connectivity index (χ4n) is 1.44. The molecule has 0 bridgehead atoms. The number of pyridine rings is 1. The van der Waals surface area contributed by atoms with Crippen molar-refractivity contribution in [3.8, 4) is 0 Å². The molecule has 0 fully saturated rings. The molecule has 1 aromatic rings. The highest BCUT2D eigenvalue weighted by Crippen LogP contribution is 2.27. The van der Waals surface area contributed by atoms with E-state index in [1.807, 2.05) is 20.8 Å². The predicted molar refractivity (Wildman–Crippen MR) is 77.5 cm³/mol. The van der Waals surface area contributed by atoms with Crippen LogP contribution in [-0.2, 0) is 0 Å². The summed E-state index contributed by atoms with van der Waals surface area (Å²) in [6.07, 6.45) is 2.36. The lowest BCUT2D eigenvalue weighted by Gasteiger charge is -2.29. The predicted octanol–water partition coefficient (Wildman–Crippen LogP) is 1.87. The van der Waals surface area contributed by atoms with Crippen LogP contribution in [0.15, 0.2) is 24.5 Å². The maximum Gasteiger partial charge on any atom is 0.262 e. The molecule has 0 aromatic carbocycles. The molecule has 0 aliphatic rings. The molecule has 1 heterocycles. The summed E-state index contributed by atoms with van der Waals surface area (Å²) in [6, 6.07) is 3.32. The molecular weight excluding hydrogens is 309 g/mol. The first-order valence-electron chi connectivity index (χ1n) is 5.73. The molecule has 0 radical (unpaired) electrons. The van der Waals surface area contributed by atoms with Crippen LogP contribution in [0.1, 0.15) is 31.1 Å². The summed E-state index contributed by atoms with van der Waals surface area (Å²) in [6.45, 7) is 5.89. The molecule has 0 saturated heterocycles. The van der Waals surface area contributed by atoms with Gasteiger partial charge in [-0.1, -0.05) is 34.8 Å². The average molecular weight is 326 g/mol. The van der Waals surface area contributed by atoms with Crippen molar-refractivity contribution in [2.45, 2.75) is 36.3 Å². The summed E-state index contributed by atoms with van der Waals surface area (Å²) in [5.41, 5.74) is 0.223. The highest BCUT2D eigenvalue weighted by molar-refractivity contribution is 6.68. The molecule has 4 nitrogen and oxygen atoms in total. The minimum atomic E-state index is -1.61. The van der Waals surface area contributed by atoms with Crippen LogP contribution >= 0.6 is 34.8 Å². The van der Waals surface area contributed by atoms with Gasteiger partial charge in [0.05, 0.1) is 11.1 Å². The van der Waals surface area contributed by atoms with Crippen molar-refractivity contribution >= 4 is 40.7 Å². The molecule has 0 saturated carbocycles. The van der Waals surface area contributed by atoms with Crippen molar-refractivity contribution in [2.75, 3.05) is 0 Å². The summed E-state index contributed by atoms with van der Waals surface area (Å²) in [4.78, 5) is 15.9. The van der Waals surface area contributed by atoms with Gasteiger partial charge in [0.2, 0.25) is 6.17 Å². The molecule has 1 amide bonds. The molecule has 0 aliphatic carbocycles. The van der Waals surface area contributed by atoms with E-state index in [0.717, 1.165) is 0 Å². The van der Waals surface area contributed by atoms with Gasteiger partial charge < -0.3 is 5.32 Å². The Labute approximate surface area is 127 Å². The number of quaternary nitrogens is 1. The van der Waals surface area contributed by atoms with E-state index in [-0.39, 0.29) is 11.4 Å². The Morgan fingerprint density at radius 1 is 1.37 bits per heavy atom. The number of carbonyl (C=O) groups is 1. The highest BCUT2D eigenvalue weighted by Gasteiger charge is 2.40. The minimum absolute atomic E-state index is 0.198. The van der Waals surface area contributed by atoms with Crippen molar-refractivity contribution in [1.82, 2.24) is 10.3 Å². The number of aromatic nitrogens is 1. The number of nitrogens with zero attached hydrogens (tertiary/aromatic N) is 1. The van der Waals surface area contributed by atoms with E-state index in [1.54, 1.807) is 23.6 Å². The van der Waals surface area contributed by atoms with Gasteiger partial charge in [-0.05, 0) is 32.9 Å². The van der Waals surface area contributed by atoms with E-state index < -0.39 is 9.96 Å². The van der Waals surface area contributed by atoms with Gasteiger partial charge in [0.25, 0.3) is 9.70 Å². The monoisotopic (exact) mass is 324 g/mol. The molecule has 0 unspecified atom stereocenters. The first-order valence-corrected chi connectivity index (χ1v) is 6.86. The minimum Gasteiger partial charge on any atom is -0.319 e. The van der Waals surface area contributed by atoms with E-state index >= 15 is 0 Å². The third-order valence-corrected chi connectivity index (χ3v) is 2.93. The molecule has 1 aromatic heterocycles. The van der Waals surface area contributed by atoms with Gasteiger partial charge in [-0.25, -0.2) is 0 Å². The normalized spacial score (nSPS) is 14.0. The molecule has 1 atom stereocenters. The van der Waals surface area contributed by atoms with Gasteiger partial charge in [-0.2, -0.15) is 0 Å². The van der Waals surface area contributed by atoms with Crippen molar-refractivity contribution in [3.63, 3.8) is 0 Å². The van der Waals surface area contributed by atoms with E-state index in [2.05, 4.69) is 10.3 Å². The molecule has 0 aliphatic heterocycles. The number of alkyl halides is 3. The first-order chi connectivity index (χ1) is 8.59. The zero-order valence-corrected chi connectivity index (χ0v) is 13.2. The van der Waals surface area contributed by atoms with Gasteiger partial charge in [-0.3, -0.25) is 15.1 Å². The quantitative estimate of drug-likeness (QED) is 0.658. The van der Waals surface area contributed by atoms with Crippen molar-refractivity contribution in [2.24, 2.45) is 0 Å². The lowest BCUT2D eigenvalue weighted by molar-refractivity contribution is -0.749. The highest BCUT2D eigenvalue weighted by atomic mass is 35.6. The number of nitrogens with two attached hydrogens (primary N) is 1. The van der Waals surface area contributed by atoms with Crippen molar-refractivity contribution in [1.29, 1.82) is 0 Å². The molecule has 106 valence electrons. The molecule has 3 N–H and O–H groups in total. The van der Waals surface area contributed by atoms with Crippen LogP contribution in [0.3, 0.4) is 0 Å². The number of halogens is 3. The Morgan fingerprint density at radius 3 is 2.42 bits per heavy atom. The molecule has 7 heteroatoms. The van der Waals surface area contributed by atoms with Gasteiger partial charge in [0, 0.05) is 12.4 Å². The summed E-state index contributed by atoms with van der Waals surface area (Å²) >= 11 is 17.7. The molecule has 1 rings (SSSR count). The van der Waals surface area contributed by atoms with Crippen LogP contribution in [0.5, 0.6) is 0 Å². The van der Waals surface area contributed by atoms with Crippen molar-refractivity contribution < 1.29 is 10.1 Å². The van der Waals surface area contributed by atoms with Crippen LogP contribution in [0, 0.1) is 0 Å². The van der Waals surface area contributed by atoms with Gasteiger partial charge in [0.1, 0.15) is 0 Å². The Morgan fingerprint density at radius 2 is 2.00 bits per heavy atom. The van der Waals surface area contributed by atoms with Crippen LogP contribution < -0.4 is 10.6 Å². The van der Waals surface area contributed by atoms with Crippen LogP contribution in [0.4, 0.5) is 0 Å². The standard InChI is InChI=1S/C12H16Cl3N3O/c1-11(2,3)18-10(12(13,14)15)17-9(19)8-5-4-6-16-7-8/h4-7,10,18H,1-3H3,(H,17,19)/p+1/t10-/m0/s1. The third-order valence-electron chi connectivity index (χ3n) is 2.23. The largest absolute Gasteiger partial charge is 0.319 e. The number of amides is 1. The van der Waals surface area contributed by atoms with Crippen LogP contribution in [0.25, 0.3) is 0 Å². The van der Waals surface area contributed by atoms with E-state index in [4.69, 9.17) is 34.8 Å². The fraction of sp³-hybridized carbons (Fsp3) is 0.500. The lowest BCUT2D eigenvalue weighted by Crippen LogP contribution is -3.03. The van der Waals surface area contributed by atoms with E-state index in [1.165, 1.54) is 6.20 Å². The summed E-state index contributed by atoms with van der Waals surface area (Å²) in [5.74, 6) is -0.329. The SMILES string of the molecule is CC(C)(C)[NH2+][C@H](NC(=O)c1cccnc1)C(Cl)(Cl)Cl. The number of nitrogens with one attached hydrogen (secondary N) is 1. The first kappa shape index (κ1) is 16.5.